The van der Waals surface area contributed by atoms with Gasteiger partial charge >= 0.3 is 0 Å². The highest BCUT2D eigenvalue weighted by atomic mass is 35.5. The van der Waals surface area contributed by atoms with Gasteiger partial charge in [0.05, 0.1) is 22.0 Å². The van der Waals surface area contributed by atoms with Crippen LogP contribution in [0.25, 0.3) is 10.9 Å². The third-order valence-corrected chi connectivity index (χ3v) is 4.25. The van der Waals surface area contributed by atoms with Crippen LogP contribution >= 0.6 is 23.2 Å². The molecule has 1 heterocycles. The van der Waals surface area contributed by atoms with Crippen molar-refractivity contribution in [3.63, 3.8) is 0 Å². The predicted molar refractivity (Wildman–Crippen MR) is 83.2 cm³/mol. The molecule has 0 saturated heterocycles. The molecule has 0 amide bonds. The van der Waals surface area contributed by atoms with Crippen molar-refractivity contribution in [1.29, 1.82) is 0 Å². The molecule has 0 radical (unpaired) electrons. The van der Waals surface area contributed by atoms with Gasteiger partial charge in [0.2, 0.25) is 0 Å². The smallest absolute Gasteiger partial charge is 0.263 e. The van der Waals surface area contributed by atoms with Crippen LogP contribution in [0.4, 0.5) is 0 Å². The number of aromatic nitrogens is 2. The Morgan fingerprint density at radius 3 is 2.76 bits per heavy atom. The average Bonchev–Trinajstić information content (AvgIpc) is 3.24. The number of nitrogens with zero attached hydrogens (tertiary/aromatic N) is 2. The third kappa shape index (κ3) is 2.61. The highest BCUT2D eigenvalue weighted by molar-refractivity contribution is 6.39. The number of halogens is 2. The number of phenolic OH excluding ortho intramolecular Hbond substituents is 1. The van der Waals surface area contributed by atoms with Gasteiger partial charge in [-0.2, -0.15) is 0 Å². The summed E-state index contributed by atoms with van der Waals surface area (Å²) in [6.45, 7) is 1.07. The lowest BCUT2D eigenvalue weighted by Gasteiger charge is -2.14. The van der Waals surface area contributed by atoms with Crippen LogP contribution < -0.4 is 10.9 Å². The highest BCUT2D eigenvalue weighted by Gasteiger charge is 2.25. The van der Waals surface area contributed by atoms with E-state index in [9.17, 15) is 9.90 Å². The molecule has 1 aliphatic rings. The average molecular weight is 328 g/mol. The standard InChI is InChI=1S/C14H15Cl2N3O2/c1-17-5-10-18-12-11(8(15)4-9(16)13(12)20)14(21)19(10)6-7-2-3-7/h4,7,17,20H,2-3,5-6H2,1H3. The normalized spacial score (nSPS) is 14.8. The van der Waals surface area contributed by atoms with Gasteiger partial charge < -0.3 is 10.4 Å². The molecule has 1 aromatic carbocycles. The zero-order valence-corrected chi connectivity index (χ0v) is 13.0. The van der Waals surface area contributed by atoms with E-state index in [1.54, 1.807) is 11.6 Å². The molecule has 1 fully saturated rings. The van der Waals surface area contributed by atoms with Crippen molar-refractivity contribution >= 4 is 34.1 Å². The maximum Gasteiger partial charge on any atom is 0.263 e. The Morgan fingerprint density at radius 2 is 2.14 bits per heavy atom. The van der Waals surface area contributed by atoms with Crippen LogP contribution in [-0.4, -0.2) is 21.7 Å². The van der Waals surface area contributed by atoms with Crippen LogP contribution in [-0.2, 0) is 13.1 Å². The fourth-order valence-electron chi connectivity index (χ4n) is 2.39. The van der Waals surface area contributed by atoms with Gasteiger partial charge in [-0.25, -0.2) is 4.98 Å². The van der Waals surface area contributed by atoms with E-state index in [-0.39, 0.29) is 32.3 Å². The van der Waals surface area contributed by atoms with Crippen LogP contribution in [0.1, 0.15) is 18.7 Å². The minimum atomic E-state index is -0.228. The van der Waals surface area contributed by atoms with Crippen molar-refractivity contribution in [2.45, 2.75) is 25.9 Å². The molecule has 21 heavy (non-hydrogen) atoms. The summed E-state index contributed by atoms with van der Waals surface area (Å²) in [4.78, 5) is 17.1. The van der Waals surface area contributed by atoms with Gasteiger partial charge in [-0.1, -0.05) is 23.2 Å². The van der Waals surface area contributed by atoms with Gasteiger partial charge in [0.25, 0.3) is 5.56 Å². The van der Waals surface area contributed by atoms with E-state index in [1.807, 2.05) is 0 Å². The molecule has 1 aromatic heterocycles. The molecular weight excluding hydrogens is 313 g/mol. The summed E-state index contributed by atoms with van der Waals surface area (Å²) in [5.74, 6) is 0.900. The fourth-order valence-corrected chi connectivity index (χ4v) is 2.92. The minimum Gasteiger partial charge on any atom is -0.504 e. The van der Waals surface area contributed by atoms with Crippen LogP contribution in [0.5, 0.6) is 5.75 Å². The second kappa shape index (κ2) is 5.48. The zero-order chi connectivity index (χ0) is 15.1. The second-order valence-corrected chi connectivity index (χ2v) is 6.14. The summed E-state index contributed by atoms with van der Waals surface area (Å²) >= 11 is 12.0. The quantitative estimate of drug-likeness (QED) is 0.905. The third-order valence-electron chi connectivity index (χ3n) is 3.66. The monoisotopic (exact) mass is 327 g/mol. The lowest BCUT2D eigenvalue weighted by Crippen LogP contribution is -2.28. The van der Waals surface area contributed by atoms with Crippen LogP contribution in [0.2, 0.25) is 10.0 Å². The molecule has 5 nitrogen and oxygen atoms in total. The Bertz CT molecular complexity index is 769. The molecule has 2 aromatic rings. The minimum absolute atomic E-state index is 0.0924. The van der Waals surface area contributed by atoms with Gasteiger partial charge in [0.15, 0.2) is 5.75 Å². The number of fused-ring (bicyclic) bond motifs is 1. The van der Waals surface area contributed by atoms with Gasteiger partial charge in [-0.3, -0.25) is 9.36 Å². The SMILES string of the molecule is CNCc1nc2c(O)c(Cl)cc(Cl)c2c(=O)n1CC1CC1. The first-order valence-electron chi connectivity index (χ1n) is 6.78. The number of hydrogen-bond donors (Lipinski definition) is 2. The van der Waals surface area contributed by atoms with E-state index >= 15 is 0 Å². The Kier molecular flexibility index (Phi) is 3.82. The van der Waals surface area contributed by atoms with Crippen LogP contribution in [0.3, 0.4) is 0 Å². The molecule has 0 spiro atoms. The summed E-state index contributed by atoms with van der Waals surface area (Å²) in [7, 11) is 1.78. The van der Waals surface area contributed by atoms with Gasteiger partial charge in [0.1, 0.15) is 11.3 Å². The maximum atomic E-state index is 12.7. The Labute approximate surface area is 131 Å². The lowest BCUT2D eigenvalue weighted by atomic mass is 10.2. The summed E-state index contributed by atoms with van der Waals surface area (Å²) in [6, 6.07) is 1.38. The van der Waals surface area contributed by atoms with Gasteiger partial charge in [-0.05, 0) is 31.9 Å². The van der Waals surface area contributed by atoms with E-state index in [2.05, 4.69) is 10.3 Å². The molecule has 1 aliphatic carbocycles. The summed E-state index contributed by atoms with van der Waals surface area (Å²) in [5, 5.41) is 13.6. The van der Waals surface area contributed by atoms with Crippen LogP contribution in [0.15, 0.2) is 10.9 Å². The largest absolute Gasteiger partial charge is 0.504 e. The molecule has 112 valence electrons. The van der Waals surface area contributed by atoms with Crippen molar-refractivity contribution in [2.75, 3.05) is 7.05 Å². The summed E-state index contributed by atoms with van der Waals surface area (Å²) < 4.78 is 1.65. The molecule has 0 bridgehead atoms. The number of phenols is 1. The van der Waals surface area contributed by atoms with Crippen molar-refractivity contribution < 1.29 is 5.11 Å². The predicted octanol–water partition coefficient (Wildman–Crippen LogP) is 2.54. The molecule has 3 rings (SSSR count). The highest BCUT2D eigenvalue weighted by Crippen LogP contribution is 2.35. The molecule has 1 saturated carbocycles. The van der Waals surface area contributed by atoms with Crippen molar-refractivity contribution in [2.24, 2.45) is 5.92 Å². The van der Waals surface area contributed by atoms with Crippen molar-refractivity contribution in [3.05, 3.63) is 32.3 Å². The van der Waals surface area contributed by atoms with Gasteiger partial charge in [-0.15, -0.1) is 0 Å². The van der Waals surface area contributed by atoms with Crippen molar-refractivity contribution in [3.8, 4) is 5.75 Å². The maximum absolute atomic E-state index is 12.7. The molecule has 7 heteroatoms. The van der Waals surface area contributed by atoms with E-state index in [1.165, 1.54) is 6.07 Å². The van der Waals surface area contributed by atoms with Crippen molar-refractivity contribution in [1.82, 2.24) is 14.9 Å². The Morgan fingerprint density at radius 1 is 1.43 bits per heavy atom. The Hall–Kier alpha value is -1.30. The molecular formula is C14H15Cl2N3O2. The van der Waals surface area contributed by atoms with E-state index in [0.29, 0.717) is 24.8 Å². The number of benzene rings is 1. The van der Waals surface area contributed by atoms with E-state index in [4.69, 9.17) is 23.2 Å². The fraction of sp³-hybridized carbons (Fsp3) is 0.429. The Balaban J connectivity index is 2.31. The van der Waals surface area contributed by atoms with Gasteiger partial charge in [0, 0.05) is 6.54 Å². The molecule has 0 aliphatic heterocycles. The lowest BCUT2D eigenvalue weighted by molar-refractivity contribution is 0.479. The van der Waals surface area contributed by atoms with Crippen LogP contribution in [0, 0.1) is 5.92 Å². The molecule has 0 unspecified atom stereocenters. The van der Waals surface area contributed by atoms with E-state index in [0.717, 1.165) is 12.8 Å². The zero-order valence-electron chi connectivity index (χ0n) is 11.5. The first-order chi connectivity index (χ1) is 10.0. The molecule has 0 atom stereocenters. The topological polar surface area (TPSA) is 67.2 Å². The number of hydrogen-bond acceptors (Lipinski definition) is 4. The summed E-state index contributed by atoms with van der Waals surface area (Å²) in [5.41, 5.74) is -0.0658. The first kappa shape index (κ1) is 14.6. The van der Waals surface area contributed by atoms with E-state index < -0.39 is 0 Å². The number of rotatable bonds is 4. The number of aromatic hydroxyl groups is 1. The number of nitrogens with one attached hydrogen (secondary N) is 1. The second-order valence-electron chi connectivity index (χ2n) is 5.33. The molecule has 2 N–H and O–H groups in total. The first-order valence-corrected chi connectivity index (χ1v) is 7.53. The summed E-state index contributed by atoms with van der Waals surface area (Å²) in [6.07, 6.45) is 2.26.